The smallest absolute Gasteiger partial charge is 0.203 e. The van der Waals surface area contributed by atoms with E-state index in [-0.39, 0.29) is 0 Å². The van der Waals surface area contributed by atoms with Gasteiger partial charge in [-0.05, 0) is 43.4 Å². The van der Waals surface area contributed by atoms with Crippen molar-refractivity contribution in [2.45, 2.75) is 43.4 Å². The zero-order valence-electron chi connectivity index (χ0n) is 12.8. The first kappa shape index (κ1) is 14.5. The van der Waals surface area contributed by atoms with Gasteiger partial charge in [0.1, 0.15) is 0 Å². The van der Waals surface area contributed by atoms with Crippen LogP contribution in [-0.4, -0.2) is 38.5 Å². The Labute approximate surface area is 125 Å². The molecule has 1 aromatic carbocycles. The lowest BCUT2D eigenvalue weighted by atomic mass is 9.81. The maximum absolute atomic E-state index is 11.1. The minimum atomic E-state index is -0.829. The quantitative estimate of drug-likeness (QED) is 0.886. The summed E-state index contributed by atoms with van der Waals surface area (Å²) in [5.74, 6) is 1.74. The highest BCUT2D eigenvalue weighted by molar-refractivity contribution is 5.55. The first-order valence-corrected chi connectivity index (χ1v) is 7.38. The summed E-state index contributed by atoms with van der Waals surface area (Å²) >= 11 is 0. The molecule has 0 aliphatic carbocycles. The maximum Gasteiger partial charge on any atom is 0.203 e. The fourth-order valence-corrected chi connectivity index (χ4v) is 3.71. The zero-order valence-corrected chi connectivity index (χ0v) is 12.8. The predicted molar refractivity (Wildman–Crippen MR) is 79.2 cm³/mol. The van der Waals surface area contributed by atoms with E-state index < -0.39 is 5.60 Å². The van der Waals surface area contributed by atoms with Gasteiger partial charge in [0.25, 0.3) is 0 Å². The lowest BCUT2D eigenvalue weighted by Gasteiger charge is -2.38. The molecule has 116 valence electrons. The molecule has 0 saturated carbocycles. The summed E-state index contributed by atoms with van der Waals surface area (Å²) in [6, 6.07) is 4.53. The van der Waals surface area contributed by atoms with Crippen molar-refractivity contribution in [1.82, 2.24) is 5.32 Å². The molecular weight excluding hydrogens is 270 g/mol. The summed E-state index contributed by atoms with van der Waals surface area (Å²) in [5, 5.41) is 14.7. The average molecular weight is 293 g/mol. The largest absolute Gasteiger partial charge is 0.493 e. The zero-order chi connectivity index (χ0) is 15.0. The molecule has 2 fully saturated rings. The molecule has 5 heteroatoms. The maximum atomic E-state index is 11.1. The van der Waals surface area contributed by atoms with Crippen molar-refractivity contribution < 1.29 is 19.3 Å². The summed E-state index contributed by atoms with van der Waals surface area (Å²) in [6.45, 7) is 0. The molecule has 0 spiro atoms. The summed E-state index contributed by atoms with van der Waals surface area (Å²) in [6.07, 6.45) is 3.72. The monoisotopic (exact) mass is 293 g/mol. The van der Waals surface area contributed by atoms with Gasteiger partial charge >= 0.3 is 0 Å². The molecule has 21 heavy (non-hydrogen) atoms. The number of methoxy groups -OCH3 is 3. The van der Waals surface area contributed by atoms with Gasteiger partial charge in [0.05, 0.1) is 26.9 Å². The van der Waals surface area contributed by atoms with Crippen LogP contribution >= 0.6 is 0 Å². The van der Waals surface area contributed by atoms with Crippen LogP contribution in [0.1, 0.15) is 31.2 Å². The lowest BCUT2D eigenvalue weighted by Crippen LogP contribution is -2.46. The normalized spacial score (nSPS) is 31.0. The number of hydrogen-bond donors (Lipinski definition) is 2. The Bertz CT molecular complexity index is 494. The number of aliphatic hydroxyl groups is 1. The Kier molecular flexibility index (Phi) is 3.71. The summed E-state index contributed by atoms with van der Waals surface area (Å²) in [5.41, 5.74) is 0.0135. The molecule has 2 unspecified atom stereocenters. The molecule has 2 aliphatic heterocycles. The standard InChI is InChI=1S/C16H23NO4/c1-19-13-6-10(7-14(20-2)15(13)21-3)16(18)8-11-4-5-12(9-16)17-11/h6-7,11-12,17-18H,4-5,8-9H2,1-3H3. The highest BCUT2D eigenvalue weighted by Gasteiger charge is 2.44. The number of ether oxygens (including phenoxy) is 3. The van der Waals surface area contributed by atoms with Crippen molar-refractivity contribution in [3.8, 4) is 17.2 Å². The topological polar surface area (TPSA) is 60.0 Å². The number of fused-ring (bicyclic) bond motifs is 2. The fraction of sp³-hybridized carbons (Fsp3) is 0.625. The molecule has 2 aliphatic rings. The number of hydrogen-bond acceptors (Lipinski definition) is 5. The van der Waals surface area contributed by atoms with Crippen LogP contribution in [-0.2, 0) is 5.60 Å². The molecule has 3 rings (SSSR count). The highest BCUT2D eigenvalue weighted by Crippen LogP contribution is 2.46. The molecule has 5 nitrogen and oxygen atoms in total. The molecule has 0 amide bonds. The molecule has 0 radical (unpaired) electrons. The van der Waals surface area contributed by atoms with Gasteiger partial charge in [0, 0.05) is 12.1 Å². The Morgan fingerprint density at radius 2 is 1.52 bits per heavy atom. The van der Waals surface area contributed by atoms with E-state index in [9.17, 15) is 5.11 Å². The SMILES string of the molecule is COc1cc(C2(O)CC3CCC(C2)N3)cc(OC)c1OC. The first-order chi connectivity index (χ1) is 10.1. The van der Waals surface area contributed by atoms with Crippen molar-refractivity contribution in [1.29, 1.82) is 0 Å². The van der Waals surface area contributed by atoms with E-state index in [0.29, 0.717) is 29.3 Å². The van der Waals surface area contributed by atoms with Gasteiger partial charge in [0.2, 0.25) is 5.75 Å². The molecule has 2 atom stereocenters. The van der Waals surface area contributed by atoms with Crippen LogP contribution in [0.2, 0.25) is 0 Å². The molecule has 1 aromatic rings. The van der Waals surface area contributed by atoms with Crippen molar-refractivity contribution >= 4 is 0 Å². The van der Waals surface area contributed by atoms with Crippen LogP contribution in [0.15, 0.2) is 12.1 Å². The van der Waals surface area contributed by atoms with E-state index in [2.05, 4.69) is 5.32 Å². The highest BCUT2D eigenvalue weighted by atomic mass is 16.5. The van der Waals surface area contributed by atoms with Crippen LogP contribution in [0, 0.1) is 0 Å². The Hall–Kier alpha value is -1.46. The van der Waals surface area contributed by atoms with Crippen LogP contribution < -0.4 is 19.5 Å². The van der Waals surface area contributed by atoms with Crippen LogP contribution in [0.25, 0.3) is 0 Å². The molecule has 2 heterocycles. The summed E-state index contributed by atoms with van der Waals surface area (Å²) in [4.78, 5) is 0. The third-order valence-electron chi connectivity index (χ3n) is 4.71. The van der Waals surface area contributed by atoms with E-state index in [1.807, 2.05) is 12.1 Å². The van der Waals surface area contributed by atoms with Gasteiger partial charge in [-0.1, -0.05) is 0 Å². The van der Waals surface area contributed by atoms with E-state index >= 15 is 0 Å². The summed E-state index contributed by atoms with van der Waals surface area (Å²) in [7, 11) is 4.77. The minimum Gasteiger partial charge on any atom is -0.493 e. The summed E-state index contributed by atoms with van der Waals surface area (Å²) < 4.78 is 16.1. The van der Waals surface area contributed by atoms with Crippen LogP contribution in [0.4, 0.5) is 0 Å². The second-order valence-corrected chi connectivity index (χ2v) is 5.99. The van der Waals surface area contributed by atoms with Gasteiger partial charge in [-0.2, -0.15) is 0 Å². The van der Waals surface area contributed by atoms with E-state index in [1.54, 1.807) is 21.3 Å². The molecular formula is C16H23NO4. The fourth-order valence-electron chi connectivity index (χ4n) is 3.71. The lowest BCUT2D eigenvalue weighted by molar-refractivity contribution is -0.0118. The molecule has 2 N–H and O–H groups in total. The van der Waals surface area contributed by atoms with E-state index in [0.717, 1.165) is 31.2 Å². The van der Waals surface area contributed by atoms with Crippen molar-refractivity contribution in [2.75, 3.05) is 21.3 Å². The number of nitrogens with one attached hydrogen (secondary N) is 1. The van der Waals surface area contributed by atoms with Gasteiger partial charge in [0.15, 0.2) is 11.5 Å². The first-order valence-electron chi connectivity index (χ1n) is 7.38. The van der Waals surface area contributed by atoms with E-state index in [4.69, 9.17) is 14.2 Å². The van der Waals surface area contributed by atoms with Crippen molar-refractivity contribution in [3.63, 3.8) is 0 Å². The average Bonchev–Trinajstić information content (AvgIpc) is 2.84. The number of benzene rings is 1. The van der Waals surface area contributed by atoms with Gasteiger partial charge in [-0.15, -0.1) is 0 Å². The second kappa shape index (κ2) is 5.39. The van der Waals surface area contributed by atoms with Gasteiger partial charge in [-0.3, -0.25) is 0 Å². The Balaban J connectivity index is 2.01. The molecule has 0 aromatic heterocycles. The Morgan fingerprint density at radius 3 is 1.95 bits per heavy atom. The minimum absolute atomic E-state index is 0.396. The van der Waals surface area contributed by atoms with E-state index in [1.165, 1.54) is 0 Å². The van der Waals surface area contributed by atoms with Crippen molar-refractivity contribution in [2.24, 2.45) is 0 Å². The van der Waals surface area contributed by atoms with Crippen LogP contribution in [0.3, 0.4) is 0 Å². The second-order valence-electron chi connectivity index (χ2n) is 5.99. The third-order valence-corrected chi connectivity index (χ3v) is 4.71. The van der Waals surface area contributed by atoms with Crippen molar-refractivity contribution in [3.05, 3.63) is 17.7 Å². The predicted octanol–water partition coefficient (Wildman–Crippen LogP) is 1.81. The molecule has 2 bridgehead atoms. The number of rotatable bonds is 4. The number of piperidine rings is 1. The Morgan fingerprint density at radius 1 is 1.00 bits per heavy atom. The third kappa shape index (κ3) is 2.45. The van der Waals surface area contributed by atoms with Gasteiger partial charge < -0.3 is 24.6 Å². The van der Waals surface area contributed by atoms with Gasteiger partial charge in [-0.25, -0.2) is 0 Å². The molecule has 2 saturated heterocycles. The van der Waals surface area contributed by atoms with Crippen LogP contribution in [0.5, 0.6) is 17.2 Å².